The fourth-order valence-electron chi connectivity index (χ4n) is 2.72. The van der Waals surface area contributed by atoms with Crippen molar-refractivity contribution >= 4 is 11.3 Å². The van der Waals surface area contributed by atoms with Gasteiger partial charge < -0.3 is 20.1 Å². The highest BCUT2D eigenvalue weighted by Gasteiger charge is 2.30. The molecule has 5 heteroatoms. The number of nitrogens with two attached hydrogens (primary N) is 1. The van der Waals surface area contributed by atoms with Crippen LogP contribution < -0.4 is 15.2 Å². The third kappa shape index (κ3) is 2.14. The Morgan fingerprint density at radius 1 is 1.35 bits per heavy atom. The molecule has 2 atom stereocenters. The highest BCUT2D eigenvalue weighted by Crippen LogP contribution is 2.45. The maximum Gasteiger partial charge on any atom is 0.175 e. The molecule has 3 rings (SSSR count). The smallest absolute Gasteiger partial charge is 0.175 e. The van der Waals surface area contributed by atoms with Crippen molar-refractivity contribution in [3.63, 3.8) is 0 Å². The number of likely N-dealkylation sites (N-methyl/N-ethyl adjacent to an activating group) is 1. The summed E-state index contributed by atoms with van der Waals surface area (Å²) in [4.78, 5) is 3.61. The fraction of sp³-hybridized carbons (Fsp3) is 0.667. The van der Waals surface area contributed by atoms with Crippen molar-refractivity contribution < 1.29 is 9.47 Å². The molecule has 2 aliphatic heterocycles. The zero-order valence-corrected chi connectivity index (χ0v) is 10.8. The Morgan fingerprint density at radius 3 is 3.00 bits per heavy atom. The molecule has 1 fully saturated rings. The van der Waals surface area contributed by atoms with Gasteiger partial charge in [0.25, 0.3) is 0 Å². The van der Waals surface area contributed by atoms with Gasteiger partial charge >= 0.3 is 0 Å². The minimum absolute atomic E-state index is 0.265. The van der Waals surface area contributed by atoms with Crippen molar-refractivity contribution in [2.45, 2.75) is 18.4 Å². The van der Waals surface area contributed by atoms with Crippen LogP contribution in [0.3, 0.4) is 0 Å². The van der Waals surface area contributed by atoms with Gasteiger partial charge in [-0.3, -0.25) is 0 Å². The van der Waals surface area contributed by atoms with Crippen LogP contribution in [0.5, 0.6) is 11.5 Å². The normalized spacial score (nSPS) is 29.3. The summed E-state index contributed by atoms with van der Waals surface area (Å²) in [5.74, 6) is 2.37. The fourth-order valence-corrected chi connectivity index (χ4v) is 3.76. The molecule has 0 bridgehead atoms. The predicted molar refractivity (Wildman–Crippen MR) is 68.1 cm³/mol. The average molecular weight is 254 g/mol. The highest BCUT2D eigenvalue weighted by atomic mass is 32.1. The Morgan fingerprint density at radius 2 is 2.18 bits per heavy atom. The number of likely N-dealkylation sites (tertiary alicyclic amines) is 1. The molecule has 1 aromatic heterocycles. The summed E-state index contributed by atoms with van der Waals surface area (Å²) < 4.78 is 11.3. The summed E-state index contributed by atoms with van der Waals surface area (Å²) >= 11 is 1.74. The van der Waals surface area contributed by atoms with Crippen LogP contribution in [0, 0.1) is 0 Å². The lowest BCUT2D eigenvalue weighted by molar-refractivity contribution is 0.168. The minimum atomic E-state index is 0.265. The number of fused-ring (bicyclic) bond motifs is 1. The molecular weight excluding hydrogens is 236 g/mol. The Labute approximate surface area is 105 Å². The van der Waals surface area contributed by atoms with E-state index in [0.717, 1.165) is 31.0 Å². The van der Waals surface area contributed by atoms with E-state index in [2.05, 4.69) is 17.3 Å². The van der Waals surface area contributed by atoms with Crippen LogP contribution >= 0.6 is 11.3 Å². The molecule has 1 saturated heterocycles. The van der Waals surface area contributed by atoms with Gasteiger partial charge in [0.2, 0.25) is 0 Å². The van der Waals surface area contributed by atoms with Gasteiger partial charge in [-0.15, -0.1) is 11.3 Å². The van der Waals surface area contributed by atoms with Crippen molar-refractivity contribution in [3.05, 3.63) is 10.3 Å². The molecule has 94 valence electrons. The van der Waals surface area contributed by atoms with Gasteiger partial charge in [0.15, 0.2) is 11.5 Å². The first kappa shape index (κ1) is 11.3. The van der Waals surface area contributed by atoms with E-state index >= 15 is 0 Å². The number of hydrogen-bond donors (Lipinski definition) is 1. The van der Waals surface area contributed by atoms with E-state index in [1.54, 1.807) is 11.3 Å². The molecule has 17 heavy (non-hydrogen) atoms. The van der Waals surface area contributed by atoms with Crippen molar-refractivity contribution in [2.75, 3.05) is 33.4 Å². The highest BCUT2D eigenvalue weighted by molar-refractivity contribution is 7.10. The quantitative estimate of drug-likeness (QED) is 0.820. The van der Waals surface area contributed by atoms with Crippen LogP contribution in [-0.4, -0.2) is 44.3 Å². The number of rotatable bonds is 1. The van der Waals surface area contributed by atoms with Gasteiger partial charge in [-0.1, -0.05) is 0 Å². The molecule has 0 radical (unpaired) electrons. The van der Waals surface area contributed by atoms with E-state index in [1.807, 2.05) is 0 Å². The molecule has 0 spiro atoms. The van der Waals surface area contributed by atoms with Crippen LogP contribution in [0.25, 0.3) is 0 Å². The molecular formula is C12H18N2O2S. The summed E-state index contributed by atoms with van der Waals surface area (Å²) in [6, 6.07) is 0.265. The maximum atomic E-state index is 6.09. The lowest BCUT2D eigenvalue weighted by Crippen LogP contribution is -2.44. The molecule has 0 aliphatic carbocycles. The van der Waals surface area contributed by atoms with Crippen molar-refractivity contribution in [1.29, 1.82) is 0 Å². The van der Waals surface area contributed by atoms with Crippen LogP contribution in [0.1, 0.15) is 17.2 Å². The van der Waals surface area contributed by atoms with E-state index < -0.39 is 0 Å². The van der Waals surface area contributed by atoms with Crippen LogP contribution in [-0.2, 0) is 0 Å². The van der Waals surface area contributed by atoms with Gasteiger partial charge in [-0.2, -0.15) is 0 Å². The largest absolute Gasteiger partial charge is 0.485 e. The zero-order chi connectivity index (χ0) is 11.8. The van der Waals surface area contributed by atoms with Gasteiger partial charge in [0.05, 0.1) is 4.88 Å². The Balaban J connectivity index is 1.85. The predicted octanol–water partition coefficient (Wildman–Crippen LogP) is 1.27. The first-order valence-corrected chi connectivity index (χ1v) is 6.93. The Bertz CT molecular complexity index is 397. The van der Waals surface area contributed by atoms with Gasteiger partial charge in [-0.05, 0) is 13.5 Å². The van der Waals surface area contributed by atoms with E-state index in [1.165, 1.54) is 4.88 Å². The lowest BCUT2D eigenvalue weighted by atomic mass is 9.93. The molecule has 2 unspecified atom stereocenters. The second kappa shape index (κ2) is 4.48. The van der Waals surface area contributed by atoms with Gasteiger partial charge in [0, 0.05) is 30.4 Å². The number of nitrogens with zero attached hydrogens (tertiary/aromatic N) is 1. The first-order chi connectivity index (χ1) is 8.24. The van der Waals surface area contributed by atoms with Crippen molar-refractivity contribution in [3.8, 4) is 11.5 Å². The summed E-state index contributed by atoms with van der Waals surface area (Å²) in [5, 5.41) is 2.06. The molecule has 0 saturated carbocycles. The summed E-state index contributed by atoms with van der Waals surface area (Å²) in [6.45, 7) is 3.37. The molecule has 3 heterocycles. The first-order valence-electron chi connectivity index (χ1n) is 6.05. The summed E-state index contributed by atoms with van der Waals surface area (Å²) in [5.41, 5.74) is 6.09. The van der Waals surface area contributed by atoms with Crippen LogP contribution in [0.2, 0.25) is 0 Å². The van der Waals surface area contributed by atoms with E-state index in [4.69, 9.17) is 15.2 Å². The van der Waals surface area contributed by atoms with E-state index in [0.29, 0.717) is 19.1 Å². The number of thiophene rings is 1. The van der Waals surface area contributed by atoms with Crippen LogP contribution in [0.15, 0.2) is 5.38 Å². The van der Waals surface area contributed by atoms with E-state index in [-0.39, 0.29) is 6.04 Å². The summed E-state index contributed by atoms with van der Waals surface area (Å²) in [7, 11) is 2.13. The minimum Gasteiger partial charge on any atom is -0.485 e. The second-order valence-electron chi connectivity index (χ2n) is 4.90. The molecule has 0 aromatic carbocycles. The second-order valence-corrected chi connectivity index (χ2v) is 5.82. The lowest BCUT2D eigenvalue weighted by Gasteiger charge is -2.33. The monoisotopic (exact) mass is 254 g/mol. The molecule has 2 aliphatic rings. The van der Waals surface area contributed by atoms with Crippen LogP contribution in [0.4, 0.5) is 0 Å². The maximum absolute atomic E-state index is 6.09. The number of ether oxygens (including phenoxy) is 2. The standard InChI is InChI=1S/C12H18N2O2S/c1-14-5-8(4-9(13)6-14)12-11-10(7-17-12)15-2-3-16-11/h7-9H,2-6,13H2,1H3. The summed E-state index contributed by atoms with van der Waals surface area (Å²) in [6.07, 6.45) is 1.04. The van der Waals surface area contributed by atoms with E-state index in [9.17, 15) is 0 Å². The number of piperidine rings is 1. The molecule has 1 aromatic rings. The van der Waals surface area contributed by atoms with Gasteiger partial charge in [0.1, 0.15) is 13.2 Å². The van der Waals surface area contributed by atoms with Crippen molar-refractivity contribution in [1.82, 2.24) is 4.90 Å². The molecule has 0 amide bonds. The zero-order valence-electron chi connectivity index (χ0n) is 10.0. The topological polar surface area (TPSA) is 47.7 Å². The molecule has 2 N–H and O–H groups in total. The number of hydrogen-bond acceptors (Lipinski definition) is 5. The Hall–Kier alpha value is -0.780. The third-order valence-electron chi connectivity index (χ3n) is 3.36. The Kier molecular flexibility index (Phi) is 2.98. The molecule has 4 nitrogen and oxygen atoms in total. The van der Waals surface area contributed by atoms with Gasteiger partial charge in [-0.25, -0.2) is 0 Å². The average Bonchev–Trinajstić information content (AvgIpc) is 2.71. The van der Waals surface area contributed by atoms with Crippen molar-refractivity contribution in [2.24, 2.45) is 5.73 Å². The SMILES string of the molecule is CN1CC(N)CC(c2scc3c2OCCO3)C1. The third-order valence-corrected chi connectivity index (χ3v) is 4.47.